The molecule has 0 heterocycles. The van der Waals surface area contributed by atoms with E-state index in [1.54, 1.807) is 24.3 Å². The zero-order chi connectivity index (χ0) is 11.1. The van der Waals surface area contributed by atoms with Crippen molar-refractivity contribution in [2.75, 3.05) is 18.3 Å². The van der Waals surface area contributed by atoms with Crippen LogP contribution in [0.2, 0.25) is 0 Å². The van der Waals surface area contributed by atoms with Crippen molar-refractivity contribution in [1.29, 1.82) is 0 Å². The van der Waals surface area contributed by atoms with E-state index in [1.165, 1.54) is 0 Å². The lowest BCUT2D eigenvalue weighted by Crippen LogP contribution is -2.29. The lowest BCUT2D eigenvalue weighted by atomic mass is 10.1. The van der Waals surface area contributed by atoms with Crippen molar-refractivity contribution in [3.8, 4) is 0 Å². The van der Waals surface area contributed by atoms with E-state index in [4.69, 9.17) is 7.85 Å². The van der Waals surface area contributed by atoms with Crippen LogP contribution in [0.15, 0.2) is 24.3 Å². The minimum absolute atomic E-state index is 0.129. The zero-order valence-electron chi connectivity index (χ0n) is 8.19. The van der Waals surface area contributed by atoms with Crippen molar-refractivity contribution < 1.29 is 9.59 Å². The average molecular weight is 202 g/mol. The highest BCUT2D eigenvalue weighted by molar-refractivity contribution is 6.09. The van der Waals surface area contributed by atoms with Crippen molar-refractivity contribution in [1.82, 2.24) is 5.32 Å². The van der Waals surface area contributed by atoms with Gasteiger partial charge in [-0.15, -0.1) is 0 Å². The molecule has 2 radical (unpaired) electrons. The summed E-state index contributed by atoms with van der Waals surface area (Å²) in [7, 11) is 5.18. The standard InChI is InChI=1S/C10H11BN2O2/c11-7-12-5-10(15)13-9-4-2-1-3-8(9)6-14/h1-4,6,12H,5,7H2,(H,13,15). The second-order valence-electron chi connectivity index (χ2n) is 2.88. The second kappa shape index (κ2) is 5.98. The first-order valence-electron chi connectivity index (χ1n) is 4.52. The first-order valence-corrected chi connectivity index (χ1v) is 4.52. The monoisotopic (exact) mass is 202 g/mol. The Bertz CT molecular complexity index is 355. The van der Waals surface area contributed by atoms with Gasteiger partial charge in [-0.1, -0.05) is 12.1 Å². The molecule has 0 fully saturated rings. The summed E-state index contributed by atoms with van der Waals surface area (Å²) in [4.78, 5) is 21.9. The maximum atomic E-state index is 11.3. The Balaban J connectivity index is 2.63. The third kappa shape index (κ3) is 3.55. The Labute approximate surface area is 89.5 Å². The molecular weight excluding hydrogens is 191 g/mol. The minimum atomic E-state index is -0.227. The molecule has 1 amide bonds. The van der Waals surface area contributed by atoms with Crippen molar-refractivity contribution in [2.24, 2.45) is 0 Å². The maximum Gasteiger partial charge on any atom is 0.238 e. The molecule has 0 bridgehead atoms. The molecule has 0 aliphatic carbocycles. The molecule has 0 spiro atoms. The lowest BCUT2D eigenvalue weighted by Gasteiger charge is -2.07. The number of benzene rings is 1. The molecule has 0 aromatic heterocycles. The average Bonchev–Trinajstić information content (AvgIpc) is 2.27. The fourth-order valence-corrected chi connectivity index (χ4v) is 1.09. The van der Waals surface area contributed by atoms with Gasteiger partial charge in [0.05, 0.1) is 20.1 Å². The van der Waals surface area contributed by atoms with Crippen LogP contribution < -0.4 is 10.6 Å². The van der Waals surface area contributed by atoms with Gasteiger partial charge in [0, 0.05) is 5.56 Å². The van der Waals surface area contributed by atoms with Gasteiger partial charge >= 0.3 is 0 Å². The molecule has 4 nitrogen and oxygen atoms in total. The smallest absolute Gasteiger partial charge is 0.238 e. The lowest BCUT2D eigenvalue weighted by molar-refractivity contribution is -0.115. The van der Waals surface area contributed by atoms with Crippen LogP contribution in [0, 0.1) is 0 Å². The number of nitrogens with one attached hydrogen (secondary N) is 2. The predicted octanol–water partition coefficient (Wildman–Crippen LogP) is 0.153. The fourth-order valence-electron chi connectivity index (χ4n) is 1.09. The molecule has 0 aliphatic rings. The zero-order valence-corrected chi connectivity index (χ0v) is 8.19. The van der Waals surface area contributed by atoms with Crippen LogP contribution in [0.4, 0.5) is 5.69 Å². The van der Waals surface area contributed by atoms with Crippen LogP contribution in [0.25, 0.3) is 0 Å². The van der Waals surface area contributed by atoms with E-state index < -0.39 is 0 Å². The number of hydrogen-bond acceptors (Lipinski definition) is 3. The van der Waals surface area contributed by atoms with Crippen molar-refractivity contribution in [3.63, 3.8) is 0 Å². The number of anilines is 1. The molecule has 0 atom stereocenters. The molecule has 15 heavy (non-hydrogen) atoms. The van der Waals surface area contributed by atoms with Gasteiger partial charge in [0.2, 0.25) is 5.91 Å². The molecule has 1 aromatic carbocycles. The highest BCUT2D eigenvalue weighted by Crippen LogP contribution is 2.11. The Hall–Kier alpha value is -1.62. The quantitative estimate of drug-likeness (QED) is 0.527. The number of carbonyl (C=O) groups excluding carboxylic acids is 2. The first-order chi connectivity index (χ1) is 7.27. The van der Waals surface area contributed by atoms with Gasteiger partial charge in [-0.2, -0.15) is 0 Å². The van der Waals surface area contributed by atoms with Crippen LogP contribution in [0.5, 0.6) is 0 Å². The molecule has 76 valence electrons. The summed E-state index contributed by atoms with van der Waals surface area (Å²) in [6.45, 7) is 0.129. The van der Waals surface area contributed by atoms with Crippen LogP contribution in [0.1, 0.15) is 10.4 Å². The third-order valence-corrected chi connectivity index (χ3v) is 1.79. The largest absolute Gasteiger partial charge is 0.324 e. The minimum Gasteiger partial charge on any atom is -0.324 e. The summed E-state index contributed by atoms with van der Waals surface area (Å²) in [6, 6.07) is 6.79. The number of hydrogen-bond donors (Lipinski definition) is 2. The third-order valence-electron chi connectivity index (χ3n) is 1.79. The molecule has 1 rings (SSSR count). The van der Waals surface area contributed by atoms with E-state index in [9.17, 15) is 9.59 Å². The molecule has 0 unspecified atom stereocenters. The van der Waals surface area contributed by atoms with E-state index in [2.05, 4.69) is 10.6 Å². The van der Waals surface area contributed by atoms with Crippen LogP contribution in [0.3, 0.4) is 0 Å². The van der Waals surface area contributed by atoms with Crippen molar-refractivity contribution >= 4 is 25.7 Å². The Morgan fingerprint density at radius 2 is 2.13 bits per heavy atom. The van der Waals surface area contributed by atoms with E-state index in [0.29, 0.717) is 17.5 Å². The molecule has 2 N–H and O–H groups in total. The van der Waals surface area contributed by atoms with Gasteiger partial charge in [0.15, 0.2) is 6.29 Å². The van der Waals surface area contributed by atoms with E-state index in [1.807, 2.05) is 0 Å². The van der Waals surface area contributed by atoms with Gasteiger partial charge in [0.1, 0.15) is 0 Å². The summed E-state index contributed by atoms with van der Waals surface area (Å²) in [5.41, 5.74) is 0.968. The molecular formula is C10H11BN2O2. The highest BCUT2D eigenvalue weighted by Gasteiger charge is 2.04. The number of amides is 1. The topological polar surface area (TPSA) is 58.2 Å². The molecule has 0 aliphatic heterocycles. The predicted molar refractivity (Wildman–Crippen MR) is 59.1 cm³/mol. The van der Waals surface area contributed by atoms with Gasteiger partial charge in [-0.05, 0) is 18.6 Å². The van der Waals surface area contributed by atoms with Gasteiger partial charge < -0.3 is 10.6 Å². The number of para-hydroxylation sites is 1. The number of aldehydes is 1. The summed E-state index contributed by atoms with van der Waals surface area (Å²) in [5.74, 6) is -0.227. The maximum absolute atomic E-state index is 11.3. The Morgan fingerprint density at radius 3 is 2.80 bits per heavy atom. The van der Waals surface area contributed by atoms with Crippen molar-refractivity contribution in [2.45, 2.75) is 0 Å². The molecule has 0 saturated heterocycles. The fraction of sp³-hybridized carbons (Fsp3) is 0.200. The first kappa shape index (κ1) is 11.5. The summed E-state index contributed by atoms with van der Waals surface area (Å²) in [5, 5.41) is 5.29. The highest BCUT2D eigenvalue weighted by atomic mass is 16.2. The summed E-state index contributed by atoms with van der Waals surface area (Å²) >= 11 is 0. The molecule has 1 aromatic rings. The van der Waals surface area contributed by atoms with Gasteiger partial charge in [0.25, 0.3) is 0 Å². The number of carbonyl (C=O) groups is 2. The Kier molecular flexibility index (Phi) is 4.57. The van der Waals surface area contributed by atoms with E-state index >= 15 is 0 Å². The normalized spacial score (nSPS) is 9.60. The molecule has 5 heteroatoms. The van der Waals surface area contributed by atoms with Crippen LogP contribution >= 0.6 is 0 Å². The summed E-state index contributed by atoms with van der Waals surface area (Å²) < 4.78 is 0. The van der Waals surface area contributed by atoms with Gasteiger partial charge in [-0.3, -0.25) is 9.59 Å². The van der Waals surface area contributed by atoms with Gasteiger partial charge in [-0.25, -0.2) is 0 Å². The molecule has 0 saturated carbocycles. The van der Waals surface area contributed by atoms with Crippen molar-refractivity contribution in [3.05, 3.63) is 29.8 Å². The summed E-state index contributed by atoms with van der Waals surface area (Å²) in [6.07, 6.45) is 0.939. The Morgan fingerprint density at radius 1 is 1.40 bits per heavy atom. The van der Waals surface area contributed by atoms with Crippen LogP contribution in [-0.2, 0) is 4.79 Å². The second-order valence-corrected chi connectivity index (χ2v) is 2.88. The van der Waals surface area contributed by atoms with E-state index in [0.717, 1.165) is 0 Å². The van der Waals surface area contributed by atoms with E-state index in [-0.39, 0.29) is 18.9 Å². The van der Waals surface area contributed by atoms with Crippen LogP contribution in [-0.4, -0.2) is 33.0 Å². The SMILES string of the molecule is [B]CNCC(=O)Nc1ccccc1C=O. The number of rotatable bonds is 5.